The SMILES string of the molecule is O=C(OCCOCCO)[C]1[CH][CH][CH][CH]1. The van der Waals surface area contributed by atoms with Crippen LogP contribution in [-0.2, 0) is 14.3 Å². The first-order chi connectivity index (χ1) is 6.84. The molecule has 0 amide bonds. The molecule has 4 heteroatoms. The van der Waals surface area contributed by atoms with E-state index in [1.807, 2.05) is 0 Å². The molecule has 0 saturated heterocycles. The summed E-state index contributed by atoms with van der Waals surface area (Å²) in [6, 6.07) is 0. The first-order valence-corrected chi connectivity index (χ1v) is 4.42. The quantitative estimate of drug-likeness (QED) is 0.479. The molecule has 4 nitrogen and oxygen atoms in total. The lowest BCUT2D eigenvalue weighted by Crippen LogP contribution is -2.17. The van der Waals surface area contributed by atoms with Crippen molar-refractivity contribution in [3.05, 3.63) is 31.6 Å². The Morgan fingerprint density at radius 2 is 1.93 bits per heavy atom. The summed E-state index contributed by atoms with van der Waals surface area (Å²) in [5.74, 6) is 0.203. The van der Waals surface area contributed by atoms with Gasteiger partial charge in [0.1, 0.15) is 6.61 Å². The lowest BCUT2D eigenvalue weighted by molar-refractivity contribution is -0.142. The Kier molecular flexibility index (Phi) is 5.56. The van der Waals surface area contributed by atoms with Crippen LogP contribution < -0.4 is 0 Å². The number of carbonyl (C=O) groups is 1. The number of carbonyl (C=O) groups excluding carboxylic acids is 1. The fraction of sp³-hybridized carbons (Fsp3) is 0.400. The minimum Gasteiger partial charge on any atom is -0.463 e. The second kappa shape index (κ2) is 6.79. The maximum Gasteiger partial charge on any atom is 0.313 e. The van der Waals surface area contributed by atoms with Crippen LogP contribution in [0.5, 0.6) is 0 Å². The Morgan fingerprint density at radius 3 is 2.57 bits per heavy atom. The Balaban J connectivity index is 1.97. The molecule has 0 aliphatic heterocycles. The maximum atomic E-state index is 11.2. The first kappa shape index (κ1) is 11.5. The largest absolute Gasteiger partial charge is 0.463 e. The topological polar surface area (TPSA) is 55.8 Å². The average Bonchev–Trinajstić information content (AvgIpc) is 2.70. The van der Waals surface area contributed by atoms with E-state index in [-0.39, 0.29) is 25.8 Å². The number of hydrogen-bond donors (Lipinski definition) is 1. The van der Waals surface area contributed by atoms with Crippen molar-refractivity contribution in [3.63, 3.8) is 0 Å². The van der Waals surface area contributed by atoms with Gasteiger partial charge in [0, 0.05) is 0 Å². The highest BCUT2D eigenvalue weighted by molar-refractivity contribution is 5.91. The van der Waals surface area contributed by atoms with Gasteiger partial charge in [-0.05, 0) is 25.7 Å². The van der Waals surface area contributed by atoms with E-state index in [0.717, 1.165) is 0 Å². The molecule has 1 N–H and O–H groups in total. The van der Waals surface area contributed by atoms with Gasteiger partial charge in [-0.3, -0.25) is 4.79 Å². The molecule has 77 valence electrons. The molecule has 1 aliphatic rings. The van der Waals surface area contributed by atoms with E-state index in [1.165, 1.54) is 0 Å². The van der Waals surface area contributed by atoms with Gasteiger partial charge in [-0.1, -0.05) is 0 Å². The van der Waals surface area contributed by atoms with Crippen LogP contribution in [0.25, 0.3) is 0 Å². The van der Waals surface area contributed by atoms with Gasteiger partial charge in [-0.25, -0.2) is 0 Å². The third-order valence-electron chi connectivity index (χ3n) is 1.59. The van der Waals surface area contributed by atoms with Gasteiger partial charge in [-0.15, -0.1) is 0 Å². The van der Waals surface area contributed by atoms with Crippen molar-refractivity contribution in [3.8, 4) is 0 Å². The highest BCUT2D eigenvalue weighted by atomic mass is 16.6. The summed E-state index contributed by atoms with van der Waals surface area (Å²) in [5.41, 5.74) is 0. The van der Waals surface area contributed by atoms with Crippen LogP contribution in [0.1, 0.15) is 0 Å². The second-order valence-corrected chi connectivity index (χ2v) is 2.65. The van der Waals surface area contributed by atoms with E-state index in [1.54, 1.807) is 25.7 Å². The van der Waals surface area contributed by atoms with E-state index in [9.17, 15) is 4.79 Å². The predicted molar refractivity (Wildman–Crippen MR) is 49.3 cm³/mol. The number of hydrogen-bond acceptors (Lipinski definition) is 4. The van der Waals surface area contributed by atoms with Gasteiger partial charge in [0.05, 0.1) is 25.7 Å². The van der Waals surface area contributed by atoms with Crippen molar-refractivity contribution >= 4 is 5.97 Å². The number of aliphatic hydroxyl groups excluding tert-OH is 1. The highest BCUT2D eigenvalue weighted by Gasteiger charge is 2.25. The maximum absolute atomic E-state index is 11.2. The monoisotopic (exact) mass is 197 g/mol. The highest BCUT2D eigenvalue weighted by Crippen LogP contribution is 2.23. The van der Waals surface area contributed by atoms with Crippen LogP contribution >= 0.6 is 0 Å². The van der Waals surface area contributed by atoms with Crippen molar-refractivity contribution in [2.75, 3.05) is 26.4 Å². The van der Waals surface area contributed by atoms with Crippen molar-refractivity contribution in [2.24, 2.45) is 0 Å². The molecule has 0 bridgehead atoms. The van der Waals surface area contributed by atoms with E-state index in [0.29, 0.717) is 12.5 Å². The molecule has 1 rings (SSSR count). The molecule has 1 aliphatic carbocycles. The number of esters is 1. The molecular formula is C10H13O4. The summed E-state index contributed by atoms with van der Waals surface area (Å²) in [6.07, 6.45) is 6.94. The molecule has 0 unspecified atom stereocenters. The first-order valence-electron chi connectivity index (χ1n) is 4.42. The van der Waals surface area contributed by atoms with Crippen LogP contribution in [0.3, 0.4) is 0 Å². The predicted octanol–water partition coefficient (Wildman–Crippen LogP) is -0.0562. The molecular weight excluding hydrogens is 184 g/mol. The normalized spacial score (nSPS) is 17.2. The van der Waals surface area contributed by atoms with E-state index in [2.05, 4.69) is 0 Å². The number of ether oxygens (including phenoxy) is 2. The second-order valence-electron chi connectivity index (χ2n) is 2.65. The number of rotatable bonds is 6. The van der Waals surface area contributed by atoms with Crippen molar-refractivity contribution in [1.82, 2.24) is 0 Å². The van der Waals surface area contributed by atoms with Gasteiger partial charge >= 0.3 is 5.97 Å². The van der Waals surface area contributed by atoms with Gasteiger partial charge in [-0.2, -0.15) is 0 Å². The molecule has 1 saturated carbocycles. The van der Waals surface area contributed by atoms with Crippen LogP contribution in [0, 0.1) is 31.6 Å². The van der Waals surface area contributed by atoms with Crippen molar-refractivity contribution in [2.45, 2.75) is 0 Å². The zero-order valence-electron chi connectivity index (χ0n) is 7.81. The zero-order valence-corrected chi connectivity index (χ0v) is 7.81. The van der Waals surface area contributed by atoms with Gasteiger partial charge < -0.3 is 14.6 Å². The third kappa shape index (κ3) is 4.07. The average molecular weight is 197 g/mol. The minimum atomic E-state index is -0.345. The van der Waals surface area contributed by atoms with Crippen molar-refractivity contribution < 1.29 is 19.4 Å². The summed E-state index contributed by atoms with van der Waals surface area (Å²) in [7, 11) is 0. The summed E-state index contributed by atoms with van der Waals surface area (Å²) in [6.45, 7) is 0.780. The minimum absolute atomic E-state index is 0.0171. The van der Waals surface area contributed by atoms with Gasteiger partial charge in [0.15, 0.2) is 0 Å². The van der Waals surface area contributed by atoms with E-state index >= 15 is 0 Å². The molecule has 0 aromatic carbocycles. The Labute approximate surface area is 84.2 Å². The molecule has 0 atom stereocenters. The summed E-state index contributed by atoms with van der Waals surface area (Å²) >= 11 is 0. The molecule has 5 radical (unpaired) electrons. The van der Waals surface area contributed by atoms with Gasteiger partial charge in [0.25, 0.3) is 0 Å². The van der Waals surface area contributed by atoms with Crippen molar-refractivity contribution in [1.29, 1.82) is 0 Å². The molecule has 14 heavy (non-hydrogen) atoms. The van der Waals surface area contributed by atoms with E-state index < -0.39 is 0 Å². The van der Waals surface area contributed by atoms with Crippen LogP contribution in [0.15, 0.2) is 0 Å². The Bertz CT molecular complexity index is 164. The molecule has 0 aromatic heterocycles. The third-order valence-corrected chi connectivity index (χ3v) is 1.59. The van der Waals surface area contributed by atoms with Crippen LogP contribution in [-0.4, -0.2) is 37.5 Å². The molecule has 1 fully saturated rings. The van der Waals surface area contributed by atoms with Crippen LogP contribution in [0.4, 0.5) is 0 Å². The zero-order chi connectivity index (χ0) is 10.2. The van der Waals surface area contributed by atoms with Crippen LogP contribution in [0.2, 0.25) is 0 Å². The lowest BCUT2D eigenvalue weighted by atomic mass is 10.1. The summed E-state index contributed by atoms with van der Waals surface area (Å²) in [4.78, 5) is 11.2. The Morgan fingerprint density at radius 1 is 1.21 bits per heavy atom. The lowest BCUT2D eigenvalue weighted by Gasteiger charge is -2.08. The standard InChI is InChI=1S/C10H13O4/c11-5-6-13-7-8-14-10(12)9-3-1-2-4-9/h1-4,11H,5-8H2. The molecule has 0 heterocycles. The molecule has 0 spiro atoms. The fourth-order valence-electron chi connectivity index (χ4n) is 0.953. The number of aliphatic hydroxyl groups is 1. The Hall–Kier alpha value is -0.610. The smallest absolute Gasteiger partial charge is 0.313 e. The summed E-state index contributed by atoms with van der Waals surface area (Å²) < 4.78 is 9.81. The fourth-order valence-corrected chi connectivity index (χ4v) is 0.953. The summed E-state index contributed by atoms with van der Waals surface area (Å²) in [5, 5.41) is 8.39. The molecule has 0 aromatic rings. The van der Waals surface area contributed by atoms with Gasteiger partial charge in [0.2, 0.25) is 0 Å². The van der Waals surface area contributed by atoms with E-state index in [4.69, 9.17) is 14.6 Å².